The number of benzene rings is 1. The van der Waals surface area contributed by atoms with E-state index in [9.17, 15) is 0 Å². The molecule has 1 fully saturated rings. The zero-order chi connectivity index (χ0) is 13.5. The van der Waals surface area contributed by atoms with Gasteiger partial charge in [0.1, 0.15) is 11.8 Å². The summed E-state index contributed by atoms with van der Waals surface area (Å²) in [5.41, 5.74) is 1.72. The van der Waals surface area contributed by atoms with Gasteiger partial charge in [0.05, 0.1) is 5.56 Å². The molecule has 1 aliphatic heterocycles. The molecule has 0 amide bonds. The minimum Gasteiger partial charge on any atom is -0.464 e. The van der Waals surface area contributed by atoms with E-state index < -0.39 is 0 Å². The van der Waals surface area contributed by atoms with Crippen molar-refractivity contribution < 1.29 is 8.94 Å². The van der Waals surface area contributed by atoms with Crippen molar-refractivity contribution in [3.63, 3.8) is 0 Å². The zero-order valence-electron chi connectivity index (χ0n) is 11.2. The van der Waals surface area contributed by atoms with E-state index in [2.05, 4.69) is 22.4 Å². The van der Waals surface area contributed by atoms with Gasteiger partial charge in [-0.3, -0.25) is 0 Å². The Labute approximate surface area is 116 Å². The summed E-state index contributed by atoms with van der Waals surface area (Å²) >= 11 is 0. The molecule has 2 aromatic heterocycles. The third-order valence-electron chi connectivity index (χ3n) is 4.07. The summed E-state index contributed by atoms with van der Waals surface area (Å²) in [5, 5.41) is 8.38. The lowest BCUT2D eigenvalue weighted by atomic mass is 9.89. The van der Waals surface area contributed by atoms with E-state index in [1.807, 2.05) is 24.3 Å². The van der Waals surface area contributed by atoms with Crippen molar-refractivity contribution >= 4 is 11.0 Å². The summed E-state index contributed by atoms with van der Waals surface area (Å²) in [5.74, 6) is 2.18. The predicted molar refractivity (Wildman–Crippen MR) is 74.3 cm³/mol. The number of para-hydroxylation sites is 1. The van der Waals surface area contributed by atoms with Gasteiger partial charge in [0.2, 0.25) is 11.7 Å². The summed E-state index contributed by atoms with van der Waals surface area (Å²) in [6.07, 6.45) is 1.69. The third kappa shape index (κ3) is 1.74. The molecule has 102 valence electrons. The Bertz CT molecular complexity index is 742. The molecule has 20 heavy (non-hydrogen) atoms. The number of nitrogens with one attached hydrogen (secondary N) is 1. The molecule has 1 saturated heterocycles. The minimum atomic E-state index is 0.288. The molecule has 0 saturated carbocycles. The molecule has 1 aliphatic rings. The van der Waals surface area contributed by atoms with Crippen molar-refractivity contribution in [3.8, 4) is 11.4 Å². The van der Waals surface area contributed by atoms with Gasteiger partial charge in [0.25, 0.3) is 0 Å². The fourth-order valence-corrected chi connectivity index (χ4v) is 2.55. The Hall–Kier alpha value is -2.14. The normalized spacial score (nSPS) is 17.2. The van der Waals surface area contributed by atoms with Gasteiger partial charge in [-0.05, 0) is 25.1 Å². The molecule has 0 bridgehead atoms. The molecule has 1 N–H and O–H groups in total. The van der Waals surface area contributed by atoms with Crippen molar-refractivity contribution in [3.05, 3.63) is 36.4 Å². The molecule has 5 heteroatoms. The maximum atomic E-state index is 5.52. The number of aromatic nitrogens is 2. The summed E-state index contributed by atoms with van der Waals surface area (Å²) < 4.78 is 10.9. The average Bonchev–Trinajstić information content (AvgIpc) is 3.03. The Kier molecular flexibility index (Phi) is 2.60. The molecule has 0 radical (unpaired) electrons. The average molecular weight is 269 g/mol. The zero-order valence-corrected chi connectivity index (χ0v) is 11.2. The van der Waals surface area contributed by atoms with Crippen LogP contribution in [0.25, 0.3) is 22.4 Å². The third-order valence-corrected chi connectivity index (χ3v) is 4.07. The van der Waals surface area contributed by atoms with E-state index in [0.717, 1.165) is 29.6 Å². The van der Waals surface area contributed by atoms with Crippen LogP contribution in [-0.2, 0) is 0 Å². The predicted octanol–water partition coefficient (Wildman–Crippen LogP) is 2.81. The lowest BCUT2D eigenvalue weighted by molar-refractivity contribution is 0.252. The first kappa shape index (κ1) is 11.7. The monoisotopic (exact) mass is 269 g/mol. The maximum Gasteiger partial charge on any atom is 0.230 e. The molecule has 1 atom stereocenters. The molecule has 3 heterocycles. The first-order valence-corrected chi connectivity index (χ1v) is 6.84. The summed E-state index contributed by atoms with van der Waals surface area (Å²) in [6.45, 7) is 4.18. The van der Waals surface area contributed by atoms with E-state index in [1.54, 1.807) is 6.26 Å². The number of rotatable bonds is 3. The van der Waals surface area contributed by atoms with Gasteiger partial charge in [-0.1, -0.05) is 30.3 Å². The van der Waals surface area contributed by atoms with Crippen LogP contribution < -0.4 is 5.32 Å². The van der Waals surface area contributed by atoms with Gasteiger partial charge in [0, 0.05) is 11.3 Å². The van der Waals surface area contributed by atoms with Crippen LogP contribution in [0.2, 0.25) is 0 Å². The van der Waals surface area contributed by atoms with Crippen LogP contribution in [0.1, 0.15) is 18.7 Å². The second-order valence-electron chi connectivity index (χ2n) is 5.31. The smallest absolute Gasteiger partial charge is 0.230 e. The van der Waals surface area contributed by atoms with Gasteiger partial charge in [-0.15, -0.1) is 0 Å². The Morgan fingerprint density at radius 1 is 1.30 bits per heavy atom. The Morgan fingerprint density at radius 3 is 2.95 bits per heavy atom. The van der Waals surface area contributed by atoms with Crippen molar-refractivity contribution in [2.45, 2.75) is 12.8 Å². The first-order chi connectivity index (χ1) is 9.83. The first-order valence-electron chi connectivity index (χ1n) is 6.84. The lowest BCUT2D eigenvalue weighted by Gasteiger charge is -2.30. The number of furan rings is 1. The standard InChI is InChI=1S/C15H15N3O2/c1-9(10-6-16-7-10)15-17-14(18-20-15)12-8-19-13-5-3-2-4-11(12)13/h2-5,8-10,16H,6-7H2,1H3. The van der Waals surface area contributed by atoms with Crippen LogP contribution in [0, 0.1) is 5.92 Å². The van der Waals surface area contributed by atoms with Crippen LogP contribution >= 0.6 is 0 Å². The molecule has 0 spiro atoms. The van der Waals surface area contributed by atoms with Crippen molar-refractivity contribution in [2.24, 2.45) is 5.92 Å². The van der Waals surface area contributed by atoms with Gasteiger partial charge in [-0.2, -0.15) is 4.98 Å². The number of fused-ring (bicyclic) bond motifs is 1. The van der Waals surface area contributed by atoms with Gasteiger partial charge in [0.15, 0.2) is 0 Å². The van der Waals surface area contributed by atoms with Gasteiger partial charge < -0.3 is 14.3 Å². The Morgan fingerprint density at radius 2 is 2.15 bits per heavy atom. The highest BCUT2D eigenvalue weighted by molar-refractivity contribution is 5.91. The second kappa shape index (κ2) is 4.45. The summed E-state index contributed by atoms with van der Waals surface area (Å²) in [7, 11) is 0. The quantitative estimate of drug-likeness (QED) is 0.792. The number of hydrogen-bond donors (Lipinski definition) is 1. The lowest BCUT2D eigenvalue weighted by Crippen LogP contribution is -2.44. The highest BCUT2D eigenvalue weighted by Gasteiger charge is 2.29. The van der Waals surface area contributed by atoms with E-state index in [0.29, 0.717) is 17.6 Å². The number of nitrogens with zero attached hydrogens (tertiary/aromatic N) is 2. The fraction of sp³-hybridized carbons (Fsp3) is 0.333. The largest absolute Gasteiger partial charge is 0.464 e. The van der Waals surface area contributed by atoms with Crippen LogP contribution in [0.3, 0.4) is 0 Å². The van der Waals surface area contributed by atoms with Crippen molar-refractivity contribution in [2.75, 3.05) is 13.1 Å². The molecule has 5 nitrogen and oxygen atoms in total. The molecule has 1 unspecified atom stereocenters. The molecule has 3 aromatic rings. The molecular weight excluding hydrogens is 254 g/mol. The summed E-state index contributed by atoms with van der Waals surface area (Å²) in [4.78, 5) is 4.54. The van der Waals surface area contributed by atoms with Gasteiger partial charge in [-0.25, -0.2) is 0 Å². The van der Waals surface area contributed by atoms with Gasteiger partial charge >= 0.3 is 0 Å². The highest BCUT2D eigenvalue weighted by atomic mass is 16.5. The molecular formula is C15H15N3O2. The SMILES string of the molecule is CC(c1nc(-c2coc3ccccc23)no1)C1CNC1. The van der Waals surface area contributed by atoms with Crippen LogP contribution in [0.4, 0.5) is 0 Å². The van der Waals surface area contributed by atoms with Crippen molar-refractivity contribution in [1.29, 1.82) is 0 Å². The summed E-state index contributed by atoms with van der Waals surface area (Å²) in [6, 6.07) is 7.86. The van der Waals surface area contributed by atoms with Crippen LogP contribution in [0.5, 0.6) is 0 Å². The van der Waals surface area contributed by atoms with E-state index in [4.69, 9.17) is 8.94 Å². The van der Waals surface area contributed by atoms with E-state index in [-0.39, 0.29) is 5.92 Å². The highest BCUT2D eigenvalue weighted by Crippen LogP contribution is 2.31. The topological polar surface area (TPSA) is 64.1 Å². The van der Waals surface area contributed by atoms with Crippen LogP contribution in [0.15, 0.2) is 39.5 Å². The van der Waals surface area contributed by atoms with Crippen LogP contribution in [-0.4, -0.2) is 23.2 Å². The van der Waals surface area contributed by atoms with E-state index >= 15 is 0 Å². The number of hydrogen-bond acceptors (Lipinski definition) is 5. The second-order valence-corrected chi connectivity index (χ2v) is 5.31. The maximum absolute atomic E-state index is 5.52. The fourth-order valence-electron chi connectivity index (χ4n) is 2.55. The molecule has 0 aliphatic carbocycles. The molecule has 4 rings (SSSR count). The minimum absolute atomic E-state index is 0.288. The van der Waals surface area contributed by atoms with E-state index in [1.165, 1.54) is 0 Å². The Balaban J connectivity index is 1.70. The molecule has 1 aromatic carbocycles. The van der Waals surface area contributed by atoms with Crippen molar-refractivity contribution in [1.82, 2.24) is 15.5 Å².